The first-order valence-corrected chi connectivity index (χ1v) is 8.59. The molecular weight excluding hydrogens is 278 g/mol. The number of carbonyl (C=O) groups is 1. The third kappa shape index (κ3) is 2.78. The van der Waals surface area contributed by atoms with Crippen molar-refractivity contribution in [3.63, 3.8) is 0 Å². The topological polar surface area (TPSA) is 69.2 Å². The summed E-state index contributed by atoms with van der Waals surface area (Å²) in [4.78, 5) is 15.1. The van der Waals surface area contributed by atoms with Gasteiger partial charge >= 0.3 is 0 Å². The van der Waals surface area contributed by atoms with Gasteiger partial charge in [-0.2, -0.15) is 5.10 Å². The number of carbonyl (C=O) groups excluding carboxylic acids is 1. The Bertz CT molecular complexity index is 521. The summed E-state index contributed by atoms with van der Waals surface area (Å²) in [7, 11) is 0. The minimum atomic E-state index is -0.456. The molecule has 5 nitrogen and oxygen atoms in total. The van der Waals surface area contributed by atoms with Gasteiger partial charge < -0.3 is 10.0 Å². The van der Waals surface area contributed by atoms with Crippen LogP contribution in [0, 0.1) is 19.8 Å². The first-order chi connectivity index (χ1) is 10.6. The van der Waals surface area contributed by atoms with E-state index in [2.05, 4.69) is 10.2 Å². The van der Waals surface area contributed by atoms with E-state index in [0.717, 1.165) is 56.5 Å². The lowest BCUT2D eigenvalue weighted by Crippen LogP contribution is -2.41. The van der Waals surface area contributed by atoms with Crippen LogP contribution in [0.15, 0.2) is 0 Å². The molecule has 2 aliphatic rings. The lowest BCUT2D eigenvalue weighted by molar-refractivity contribution is -0.140. The summed E-state index contributed by atoms with van der Waals surface area (Å²) in [6, 6.07) is 0.113. The van der Waals surface area contributed by atoms with Crippen molar-refractivity contribution in [2.24, 2.45) is 5.92 Å². The van der Waals surface area contributed by atoms with E-state index < -0.39 is 6.10 Å². The van der Waals surface area contributed by atoms with E-state index in [1.807, 2.05) is 18.7 Å². The molecule has 0 aromatic carbocycles. The Hall–Kier alpha value is -1.36. The Morgan fingerprint density at radius 2 is 2.00 bits per heavy atom. The van der Waals surface area contributed by atoms with E-state index in [1.165, 1.54) is 12.0 Å². The van der Waals surface area contributed by atoms with Crippen LogP contribution >= 0.6 is 0 Å². The minimum Gasteiger partial charge on any atom is -0.392 e. The fraction of sp³-hybridized carbons (Fsp3) is 0.765. The third-order valence-electron chi connectivity index (χ3n) is 5.35. The molecule has 1 saturated carbocycles. The average Bonchev–Trinajstić information content (AvgIpc) is 2.96. The second-order valence-corrected chi connectivity index (χ2v) is 6.85. The van der Waals surface area contributed by atoms with Crippen molar-refractivity contribution in [3.8, 4) is 0 Å². The number of amides is 1. The fourth-order valence-electron chi connectivity index (χ4n) is 4.16. The average molecular weight is 305 g/mol. The van der Waals surface area contributed by atoms with Crippen LogP contribution in [-0.2, 0) is 4.79 Å². The number of hydrogen-bond acceptors (Lipinski definition) is 3. The van der Waals surface area contributed by atoms with Crippen molar-refractivity contribution in [2.45, 2.75) is 70.9 Å². The SMILES string of the molecule is Cc1n[nH]c(C)c1C1CCCCCN1C(=O)C1CCCC1O. The number of nitrogens with one attached hydrogen (secondary N) is 1. The molecule has 122 valence electrons. The van der Waals surface area contributed by atoms with Gasteiger partial charge in [0.15, 0.2) is 0 Å². The van der Waals surface area contributed by atoms with Crippen molar-refractivity contribution in [1.29, 1.82) is 0 Å². The summed E-state index contributed by atoms with van der Waals surface area (Å²) in [5.74, 6) is -0.0509. The Morgan fingerprint density at radius 3 is 2.64 bits per heavy atom. The molecule has 1 saturated heterocycles. The lowest BCUT2D eigenvalue weighted by Gasteiger charge is -2.33. The first-order valence-electron chi connectivity index (χ1n) is 8.59. The highest BCUT2D eigenvalue weighted by atomic mass is 16.3. The molecule has 3 rings (SSSR count). The fourth-order valence-corrected chi connectivity index (χ4v) is 4.16. The van der Waals surface area contributed by atoms with Crippen molar-refractivity contribution in [3.05, 3.63) is 17.0 Å². The molecule has 0 spiro atoms. The number of aromatic nitrogens is 2. The monoisotopic (exact) mass is 305 g/mol. The van der Waals surface area contributed by atoms with Gasteiger partial charge in [-0.3, -0.25) is 9.89 Å². The number of aryl methyl sites for hydroxylation is 2. The Kier molecular flexibility index (Phi) is 4.52. The van der Waals surface area contributed by atoms with Crippen LogP contribution < -0.4 is 0 Å². The number of hydrogen-bond donors (Lipinski definition) is 2. The van der Waals surface area contributed by atoms with Gasteiger partial charge in [-0.15, -0.1) is 0 Å². The Balaban J connectivity index is 1.89. The highest BCUT2D eigenvalue weighted by Crippen LogP contribution is 2.36. The second kappa shape index (κ2) is 6.41. The van der Waals surface area contributed by atoms with Gasteiger partial charge in [0.2, 0.25) is 5.91 Å². The molecule has 1 aromatic heterocycles. The molecule has 5 heteroatoms. The number of aromatic amines is 1. The molecule has 0 radical (unpaired) electrons. The predicted molar refractivity (Wildman–Crippen MR) is 84.3 cm³/mol. The van der Waals surface area contributed by atoms with Gasteiger partial charge in [0.25, 0.3) is 0 Å². The second-order valence-electron chi connectivity index (χ2n) is 6.85. The molecular formula is C17H27N3O2. The molecule has 1 aliphatic carbocycles. The van der Waals surface area contributed by atoms with Gasteiger partial charge in [0.05, 0.1) is 23.8 Å². The highest BCUT2D eigenvalue weighted by Gasteiger charge is 2.38. The molecule has 1 aromatic rings. The van der Waals surface area contributed by atoms with E-state index >= 15 is 0 Å². The molecule has 3 atom stereocenters. The van der Waals surface area contributed by atoms with Crippen LogP contribution in [0.5, 0.6) is 0 Å². The summed E-state index contributed by atoms with van der Waals surface area (Å²) in [5, 5.41) is 17.5. The molecule has 3 unspecified atom stereocenters. The van der Waals surface area contributed by atoms with Crippen LogP contribution in [0.25, 0.3) is 0 Å². The van der Waals surface area contributed by atoms with Gasteiger partial charge in [-0.05, 0) is 46.0 Å². The Morgan fingerprint density at radius 1 is 1.18 bits per heavy atom. The number of aliphatic hydroxyl groups is 1. The van der Waals surface area contributed by atoms with Crippen LogP contribution in [0.3, 0.4) is 0 Å². The summed E-state index contributed by atoms with van der Waals surface area (Å²) >= 11 is 0. The third-order valence-corrected chi connectivity index (χ3v) is 5.35. The van der Waals surface area contributed by atoms with Crippen molar-refractivity contribution < 1.29 is 9.90 Å². The molecule has 2 fully saturated rings. The first kappa shape index (κ1) is 15.5. The van der Waals surface area contributed by atoms with Crippen molar-refractivity contribution in [2.75, 3.05) is 6.54 Å². The van der Waals surface area contributed by atoms with Crippen molar-refractivity contribution >= 4 is 5.91 Å². The zero-order chi connectivity index (χ0) is 15.7. The maximum absolute atomic E-state index is 13.0. The largest absolute Gasteiger partial charge is 0.392 e. The van der Waals surface area contributed by atoms with Crippen LogP contribution in [0.1, 0.15) is 67.9 Å². The summed E-state index contributed by atoms with van der Waals surface area (Å²) in [6.45, 7) is 4.85. The number of aliphatic hydroxyl groups excluding tert-OH is 1. The number of H-pyrrole nitrogens is 1. The number of nitrogens with zero attached hydrogens (tertiary/aromatic N) is 2. The number of likely N-dealkylation sites (tertiary alicyclic amines) is 1. The normalized spacial score (nSPS) is 29.6. The predicted octanol–water partition coefficient (Wildman–Crippen LogP) is 2.63. The van der Waals surface area contributed by atoms with Gasteiger partial charge in [-0.1, -0.05) is 12.8 Å². The van der Waals surface area contributed by atoms with Gasteiger partial charge in [0.1, 0.15) is 0 Å². The molecule has 22 heavy (non-hydrogen) atoms. The van der Waals surface area contributed by atoms with E-state index in [1.54, 1.807) is 0 Å². The van der Waals surface area contributed by atoms with Gasteiger partial charge in [-0.25, -0.2) is 0 Å². The zero-order valence-corrected chi connectivity index (χ0v) is 13.6. The Labute approximate surface area is 132 Å². The molecule has 0 bridgehead atoms. The van der Waals surface area contributed by atoms with Gasteiger partial charge in [0, 0.05) is 17.8 Å². The zero-order valence-electron chi connectivity index (χ0n) is 13.6. The van der Waals surface area contributed by atoms with E-state index in [0.29, 0.717) is 0 Å². The van der Waals surface area contributed by atoms with E-state index in [9.17, 15) is 9.90 Å². The van der Waals surface area contributed by atoms with E-state index in [-0.39, 0.29) is 17.9 Å². The highest BCUT2D eigenvalue weighted by molar-refractivity contribution is 5.80. The molecule has 1 aliphatic heterocycles. The number of rotatable bonds is 2. The summed E-state index contributed by atoms with van der Waals surface area (Å²) in [5.41, 5.74) is 3.24. The standard InChI is InChI=1S/C17H27N3O2/c1-11-16(12(2)19-18-11)14-8-4-3-5-10-20(14)17(22)13-7-6-9-15(13)21/h13-15,21H,3-10H2,1-2H3,(H,18,19). The quantitative estimate of drug-likeness (QED) is 0.882. The minimum absolute atomic E-state index is 0.113. The molecule has 1 amide bonds. The van der Waals surface area contributed by atoms with Crippen molar-refractivity contribution in [1.82, 2.24) is 15.1 Å². The summed E-state index contributed by atoms with van der Waals surface area (Å²) < 4.78 is 0. The summed E-state index contributed by atoms with van der Waals surface area (Å²) in [6.07, 6.45) is 6.46. The maximum Gasteiger partial charge on any atom is 0.228 e. The van der Waals surface area contributed by atoms with Crippen LogP contribution in [0.2, 0.25) is 0 Å². The van der Waals surface area contributed by atoms with Crippen LogP contribution in [-0.4, -0.2) is 38.8 Å². The molecule has 2 heterocycles. The maximum atomic E-state index is 13.0. The molecule has 2 N–H and O–H groups in total. The van der Waals surface area contributed by atoms with Crippen LogP contribution in [0.4, 0.5) is 0 Å². The van der Waals surface area contributed by atoms with E-state index in [4.69, 9.17) is 0 Å². The smallest absolute Gasteiger partial charge is 0.228 e. The lowest BCUT2D eigenvalue weighted by atomic mass is 9.96.